The Morgan fingerprint density at radius 3 is 2.64 bits per heavy atom. The van der Waals surface area contributed by atoms with E-state index in [-0.39, 0.29) is 29.9 Å². The molecule has 3 heterocycles. The van der Waals surface area contributed by atoms with Crippen LogP contribution in [0.5, 0.6) is 0 Å². The van der Waals surface area contributed by atoms with Crippen LogP contribution >= 0.6 is 0 Å². The van der Waals surface area contributed by atoms with Crippen LogP contribution in [0.15, 0.2) is 32.0 Å². The van der Waals surface area contributed by atoms with Gasteiger partial charge in [-0.15, -0.1) is 0 Å². The lowest BCUT2D eigenvalue weighted by atomic mass is 10.0. The van der Waals surface area contributed by atoms with Gasteiger partial charge in [0.1, 0.15) is 11.2 Å². The van der Waals surface area contributed by atoms with E-state index in [4.69, 9.17) is 8.83 Å². The molecule has 1 amide bonds. The van der Waals surface area contributed by atoms with E-state index in [1.54, 1.807) is 26.3 Å². The van der Waals surface area contributed by atoms with E-state index >= 15 is 0 Å². The molecule has 1 fully saturated rings. The van der Waals surface area contributed by atoms with Gasteiger partial charge in [0, 0.05) is 29.9 Å². The van der Waals surface area contributed by atoms with Crippen LogP contribution in [0.4, 0.5) is 0 Å². The Balaban J connectivity index is 1.70. The molecule has 28 heavy (non-hydrogen) atoms. The van der Waals surface area contributed by atoms with Crippen molar-refractivity contribution in [2.75, 3.05) is 18.6 Å². The quantitative estimate of drug-likeness (QED) is 0.623. The van der Waals surface area contributed by atoms with E-state index < -0.39 is 15.5 Å². The van der Waals surface area contributed by atoms with Crippen molar-refractivity contribution in [1.29, 1.82) is 0 Å². The van der Waals surface area contributed by atoms with Crippen LogP contribution in [0.25, 0.3) is 21.9 Å². The summed E-state index contributed by atoms with van der Waals surface area (Å²) in [6, 6.07) is 3.24. The summed E-state index contributed by atoms with van der Waals surface area (Å²) >= 11 is 0. The summed E-state index contributed by atoms with van der Waals surface area (Å²) in [5.74, 6) is -0.234. The molecule has 1 aliphatic rings. The fourth-order valence-electron chi connectivity index (χ4n) is 3.80. The number of sulfone groups is 1. The molecule has 1 saturated heterocycles. The lowest BCUT2D eigenvalue weighted by molar-refractivity contribution is -0.130. The van der Waals surface area contributed by atoms with E-state index in [9.17, 15) is 18.0 Å². The predicted octanol–water partition coefficient (Wildman–Crippen LogP) is 2.34. The van der Waals surface area contributed by atoms with E-state index in [2.05, 4.69) is 0 Å². The van der Waals surface area contributed by atoms with Crippen molar-refractivity contribution in [3.63, 3.8) is 0 Å². The number of aryl methyl sites for hydroxylation is 2. The van der Waals surface area contributed by atoms with Crippen LogP contribution in [0.1, 0.15) is 23.1 Å². The van der Waals surface area contributed by atoms with Crippen LogP contribution in [-0.4, -0.2) is 43.8 Å². The van der Waals surface area contributed by atoms with Gasteiger partial charge in [-0.05, 0) is 37.5 Å². The zero-order valence-corrected chi connectivity index (χ0v) is 16.8. The third-order valence-electron chi connectivity index (χ3n) is 5.65. The van der Waals surface area contributed by atoms with Crippen LogP contribution < -0.4 is 5.63 Å². The second-order valence-electron chi connectivity index (χ2n) is 7.49. The highest BCUT2D eigenvalue weighted by Gasteiger charge is 2.33. The molecule has 1 aliphatic heterocycles. The van der Waals surface area contributed by atoms with Crippen molar-refractivity contribution in [2.45, 2.75) is 32.7 Å². The zero-order chi connectivity index (χ0) is 20.2. The van der Waals surface area contributed by atoms with Gasteiger partial charge in [-0.25, -0.2) is 13.2 Å². The SMILES string of the molecule is Cc1coc2cc3oc(=O)c(CC(=O)N(C)[C@@H]4CCS(=O)(=O)C4)c(C)c3cc12. The molecule has 0 spiro atoms. The number of fused-ring (bicyclic) bond motifs is 2. The Kier molecular flexibility index (Phi) is 4.33. The van der Waals surface area contributed by atoms with E-state index in [1.165, 1.54) is 4.90 Å². The fraction of sp³-hybridized carbons (Fsp3) is 0.400. The van der Waals surface area contributed by atoms with Crippen molar-refractivity contribution in [2.24, 2.45) is 0 Å². The smallest absolute Gasteiger partial charge is 0.340 e. The fourth-order valence-corrected chi connectivity index (χ4v) is 5.58. The summed E-state index contributed by atoms with van der Waals surface area (Å²) in [6.45, 7) is 3.73. The molecular formula is C20H21NO6S. The number of rotatable bonds is 3. The van der Waals surface area contributed by atoms with Crippen molar-refractivity contribution in [3.05, 3.63) is 45.5 Å². The molecule has 1 atom stereocenters. The second-order valence-corrected chi connectivity index (χ2v) is 9.72. The molecule has 0 aliphatic carbocycles. The minimum Gasteiger partial charge on any atom is -0.464 e. The third kappa shape index (κ3) is 3.11. The number of benzene rings is 1. The minimum absolute atomic E-state index is 0.0295. The van der Waals surface area contributed by atoms with E-state index in [1.807, 2.05) is 13.0 Å². The molecule has 3 aromatic rings. The molecule has 4 rings (SSSR count). The first-order valence-corrected chi connectivity index (χ1v) is 10.9. The molecule has 8 heteroatoms. The molecular weight excluding hydrogens is 382 g/mol. The molecule has 0 saturated carbocycles. The zero-order valence-electron chi connectivity index (χ0n) is 15.9. The van der Waals surface area contributed by atoms with Crippen molar-refractivity contribution in [3.8, 4) is 0 Å². The average molecular weight is 403 g/mol. The normalized spacial score (nSPS) is 18.8. The van der Waals surface area contributed by atoms with Crippen molar-refractivity contribution in [1.82, 2.24) is 4.90 Å². The van der Waals surface area contributed by atoms with Gasteiger partial charge >= 0.3 is 5.63 Å². The maximum Gasteiger partial charge on any atom is 0.340 e. The number of furan rings is 1. The Labute approximate surface area is 161 Å². The summed E-state index contributed by atoms with van der Waals surface area (Å²) in [5.41, 5.74) is 2.45. The first kappa shape index (κ1) is 18.7. The lowest BCUT2D eigenvalue weighted by Crippen LogP contribution is -2.39. The number of amides is 1. The molecule has 148 valence electrons. The second kappa shape index (κ2) is 6.48. The highest BCUT2D eigenvalue weighted by molar-refractivity contribution is 7.91. The third-order valence-corrected chi connectivity index (χ3v) is 7.40. The number of nitrogens with zero attached hydrogens (tertiary/aromatic N) is 1. The summed E-state index contributed by atoms with van der Waals surface area (Å²) in [4.78, 5) is 26.7. The summed E-state index contributed by atoms with van der Waals surface area (Å²) in [6.07, 6.45) is 1.94. The van der Waals surface area contributed by atoms with Crippen molar-refractivity contribution >= 4 is 37.7 Å². The Hall–Kier alpha value is -2.61. The van der Waals surface area contributed by atoms with Gasteiger partial charge < -0.3 is 13.7 Å². The van der Waals surface area contributed by atoms with Gasteiger partial charge in [-0.3, -0.25) is 4.79 Å². The Morgan fingerprint density at radius 1 is 1.21 bits per heavy atom. The van der Waals surface area contributed by atoms with E-state index in [0.717, 1.165) is 16.3 Å². The molecule has 0 bridgehead atoms. The molecule has 0 N–H and O–H groups in total. The first-order chi connectivity index (χ1) is 13.2. The van der Waals surface area contributed by atoms with Crippen LogP contribution in [0.2, 0.25) is 0 Å². The first-order valence-electron chi connectivity index (χ1n) is 9.06. The van der Waals surface area contributed by atoms with Crippen molar-refractivity contribution < 1.29 is 22.0 Å². The summed E-state index contributed by atoms with van der Waals surface area (Å²) in [5, 5.41) is 1.68. The van der Waals surface area contributed by atoms with E-state index in [0.29, 0.717) is 28.7 Å². The Morgan fingerprint density at radius 2 is 1.96 bits per heavy atom. The molecule has 0 radical (unpaired) electrons. The average Bonchev–Trinajstić information content (AvgIpc) is 3.18. The summed E-state index contributed by atoms with van der Waals surface area (Å²) < 4.78 is 34.3. The standard InChI is InChI=1S/C20H21NO6S/c1-11-9-26-17-8-18-15(6-14(11)17)12(2)16(20(23)27-18)7-19(22)21(3)13-4-5-28(24,25)10-13/h6,8-9,13H,4-5,7,10H2,1-3H3/t13-/m1/s1. The Bertz CT molecular complexity index is 1270. The van der Waals surface area contributed by atoms with Gasteiger partial charge in [0.05, 0.1) is 29.8 Å². The van der Waals surface area contributed by atoms with Gasteiger partial charge in [0.2, 0.25) is 5.91 Å². The van der Waals surface area contributed by atoms with Gasteiger partial charge in [0.25, 0.3) is 0 Å². The highest BCUT2D eigenvalue weighted by atomic mass is 32.2. The van der Waals surface area contributed by atoms with Gasteiger partial charge in [0.15, 0.2) is 9.84 Å². The monoisotopic (exact) mass is 403 g/mol. The molecule has 1 aromatic carbocycles. The maximum absolute atomic E-state index is 12.7. The van der Waals surface area contributed by atoms with Gasteiger partial charge in [-0.2, -0.15) is 0 Å². The molecule has 7 nitrogen and oxygen atoms in total. The maximum atomic E-state index is 12.7. The number of likely N-dealkylation sites (N-methyl/N-ethyl adjacent to an activating group) is 1. The van der Waals surface area contributed by atoms with Crippen LogP contribution in [-0.2, 0) is 21.1 Å². The number of carbonyl (C=O) groups excluding carboxylic acids is 1. The van der Waals surface area contributed by atoms with Crippen LogP contribution in [0.3, 0.4) is 0 Å². The van der Waals surface area contributed by atoms with Crippen LogP contribution in [0, 0.1) is 13.8 Å². The topological polar surface area (TPSA) is 97.8 Å². The molecule has 0 unspecified atom stereocenters. The number of carbonyl (C=O) groups is 1. The summed E-state index contributed by atoms with van der Waals surface area (Å²) in [7, 11) is -1.51. The predicted molar refractivity (Wildman–Crippen MR) is 105 cm³/mol. The largest absolute Gasteiger partial charge is 0.464 e. The highest BCUT2D eigenvalue weighted by Crippen LogP contribution is 2.29. The number of hydrogen-bond acceptors (Lipinski definition) is 6. The van der Waals surface area contributed by atoms with Gasteiger partial charge in [-0.1, -0.05) is 0 Å². The minimum atomic E-state index is -3.09. The number of hydrogen-bond donors (Lipinski definition) is 0. The molecule has 2 aromatic heterocycles. The lowest BCUT2D eigenvalue weighted by Gasteiger charge is -2.23.